The third-order valence-corrected chi connectivity index (χ3v) is 5.75. The van der Waals surface area contributed by atoms with Crippen LogP contribution in [0, 0.1) is 0 Å². The summed E-state index contributed by atoms with van der Waals surface area (Å²) in [6.45, 7) is 2.52. The number of amides is 2. The smallest absolute Gasteiger partial charge is 0.330 e. The molecule has 1 atom stereocenters. The Balaban J connectivity index is 0.00000408. The number of fused-ring (bicyclic) bond motifs is 1. The van der Waals surface area contributed by atoms with Crippen molar-refractivity contribution in [1.29, 1.82) is 0 Å². The minimum Gasteiger partial charge on any atom is -0.479 e. The molecular formula is C25H30ClN3O5. The van der Waals surface area contributed by atoms with Crippen molar-refractivity contribution in [1.82, 2.24) is 4.90 Å². The first-order valence-corrected chi connectivity index (χ1v) is 11.0. The number of nitrogens with zero attached hydrogens (tertiary/aromatic N) is 2. The maximum absolute atomic E-state index is 13.2. The van der Waals surface area contributed by atoms with Crippen LogP contribution < -0.4 is 5.73 Å². The van der Waals surface area contributed by atoms with Crippen molar-refractivity contribution in [2.45, 2.75) is 44.8 Å². The van der Waals surface area contributed by atoms with E-state index in [1.807, 2.05) is 30.3 Å². The van der Waals surface area contributed by atoms with Gasteiger partial charge < -0.3 is 15.6 Å². The maximum atomic E-state index is 13.2. The van der Waals surface area contributed by atoms with Gasteiger partial charge in [0.2, 0.25) is 0 Å². The van der Waals surface area contributed by atoms with Crippen molar-refractivity contribution < 1.29 is 24.2 Å². The van der Waals surface area contributed by atoms with Gasteiger partial charge in [-0.2, -0.15) is 0 Å². The van der Waals surface area contributed by atoms with E-state index in [4.69, 9.17) is 10.5 Å². The van der Waals surface area contributed by atoms with Gasteiger partial charge in [0.05, 0.1) is 23.6 Å². The van der Waals surface area contributed by atoms with Crippen molar-refractivity contribution in [2.24, 2.45) is 10.7 Å². The lowest BCUT2D eigenvalue weighted by atomic mass is 9.87. The van der Waals surface area contributed by atoms with Gasteiger partial charge in [-0.25, -0.2) is 4.79 Å². The number of halogens is 1. The first kappa shape index (κ1) is 27.0. The van der Waals surface area contributed by atoms with Crippen LogP contribution in [0.5, 0.6) is 0 Å². The van der Waals surface area contributed by atoms with Gasteiger partial charge in [-0.3, -0.25) is 19.5 Å². The molecule has 1 unspecified atom stereocenters. The Bertz CT molecular complexity index is 1000. The zero-order valence-electron chi connectivity index (χ0n) is 19.1. The van der Waals surface area contributed by atoms with Crippen LogP contribution in [-0.2, 0) is 16.1 Å². The van der Waals surface area contributed by atoms with E-state index >= 15 is 0 Å². The fourth-order valence-electron chi connectivity index (χ4n) is 4.03. The number of hydrogen-bond acceptors (Lipinski definition) is 5. The number of carbonyl (C=O) groups is 3. The molecule has 0 spiro atoms. The number of rotatable bonds is 12. The van der Waals surface area contributed by atoms with Gasteiger partial charge >= 0.3 is 5.97 Å². The van der Waals surface area contributed by atoms with Crippen LogP contribution in [0.2, 0.25) is 0 Å². The first-order chi connectivity index (χ1) is 15.9. The second-order valence-electron chi connectivity index (χ2n) is 8.10. The monoisotopic (exact) mass is 487 g/mol. The molecule has 0 bridgehead atoms. The van der Waals surface area contributed by atoms with Crippen LogP contribution in [0.15, 0.2) is 59.6 Å². The molecule has 3 rings (SSSR count). The minimum absolute atomic E-state index is 0. The molecule has 0 fully saturated rings. The summed E-state index contributed by atoms with van der Waals surface area (Å²) in [6, 6.07) is 15.9. The van der Waals surface area contributed by atoms with E-state index in [1.165, 1.54) is 0 Å². The SMILES string of the molecule is CC(N)=NCCCCC(CCOCc1ccccc1)(C(=O)O)N1C(=O)c2ccccc2C1=O.Cl. The number of aliphatic carboxylic acids is 1. The molecule has 1 aliphatic heterocycles. The number of carboxylic acids is 1. The van der Waals surface area contributed by atoms with Crippen molar-refractivity contribution in [3.05, 3.63) is 71.3 Å². The molecule has 34 heavy (non-hydrogen) atoms. The highest BCUT2D eigenvalue weighted by molar-refractivity contribution is 6.23. The lowest BCUT2D eigenvalue weighted by molar-refractivity contribution is -0.150. The standard InChI is InChI=1S/C25H29N3O5.ClH/c1-18(26)27-15-8-7-13-25(24(31)32,14-16-33-17-19-9-3-2-4-10-19)28-22(29)20-11-5-6-12-21(20)23(28)30;/h2-6,9-12H,7-8,13-17H2,1H3,(H2,26,27)(H,31,32);1H. The van der Waals surface area contributed by atoms with E-state index in [2.05, 4.69) is 4.99 Å². The van der Waals surface area contributed by atoms with Crippen LogP contribution in [0.3, 0.4) is 0 Å². The van der Waals surface area contributed by atoms with Gasteiger partial charge in [-0.15, -0.1) is 12.4 Å². The van der Waals surface area contributed by atoms with Gasteiger partial charge in [-0.05, 0) is 43.9 Å². The molecule has 0 aliphatic carbocycles. The Labute approximate surface area is 205 Å². The summed E-state index contributed by atoms with van der Waals surface area (Å²) < 4.78 is 5.74. The lowest BCUT2D eigenvalue weighted by Gasteiger charge is -2.37. The maximum Gasteiger partial charge on any atom is 0.330 e. The van der Waals surface area contributed by atoms with Crippen molar-refractivity contribution in [3.8, 4) is 0 Å². The summed E-state index contributed by atoms with van der Waals surface area (Å²) in [7, 11) is 0. The molecule has 2 amide bonds. The van der Waals surface area contributed by atoms with Crippen molar-refractivity contribution >= 4 is 36.0 Å². The number of imide groups is 1. The van der Waals surface area contributed by atoms with E-state index < -0.39 is 23.3 Å². The predicted octanol–water partition coefficient (Wildman–Crippen LogP) is 3.68. The number of amidine groups is 1. The quantitative estimate of drug-likeness (QED) is 0.204. The number of carboxylic acid groups (broad SMARTS) is 1. The number of ether oxygens (including phenoxy) is 1. The fourth-order valence-corrected chi connectivity index (χ4v) is 4.03. The molecule has 0 radical (unpaired) electrons. The summed E-state index contributed by atoms with van der Waals surface area (Å²) in [4.78, 5) is 44.0. The van der Waals surface area contributed by atoms with Crippen LogP contribution in [-0.4, -0.2) is 52.3 Å². The Morgan fingerprint density at radius 2 is 1.59 bits per heavy atom. The summed E-state index contributed by atoms with van der Waals surface area (Å²) in [6.07, 6.45) is 1.12. The van der Waals surface area contributed by atoms with E-state index in [-0.39, 0.29) is 43.0 Å². The van der Waals surface area contributed by atoms with Crippen LogP contribution in [0.25, 0.3) is 0 Å². The predicted molar refractivity (Wildman–Crippen MR) is 131 cm³/mol. The zero-order valence-corrected chi connectivity index (χ0v) is 19.9. The van der Waals surface area contributed by atoms with E-state index in [9.17, 15) is 19.5 Å². The topological polar surface area (TPSA) is 122 Å². The average Bonchev–Trinajstić information content (AvgIpc) is 3.06. The Morgan fingerprint density at radius 1 is 1.00 bits per heavy atom. The van der Waals surface area contributed by atoms with Gasteiger partial charge in [0.15, 0.2) is 5.54 Å². The molecule has 2 aromatic rings. The van der Waals surface area contributed by atoms with Crippen molar-refractivity contribution in [3.63, 3.8) is 0 Å². The van der Waals surface area contributed by atoms with E-state index in [0.29, 0.717) is 31.8 Å². The van der Waals surface area contributed by atoms with Crippen LogP contribution in [0.4, 0.5) is 0 Å². The van der Waals surface area contributed by atoms with Gasteiger partial charge in [-0.1, -0.05) is 42.5 Å². The second kappa shape index (κ2) is 12.3. The Kier molecular flexibility index (Phi) is 9.77. The van der Waals surface area contributed by atoms with E-state index in [1.54, 1.807) is 31.2 Å². The van der Waals surface area contributed by atoms with Crippen LogP contribution >= 0.6 is 12.4 Å². The number of unbranched alkanes of at least 4 members (excludes halogenated alkanes) is 1. The summed E-state index contributed by atoms with van der Waals surface area (Å²) >= 11 is 0. The molecule has 1 heterocycles. The van der Waals surface area contributed by atoms with Gasteiger partial charge in [0, 0.05) is 19.6 Å². The summed E-state index contributed by atoms with van der Waals surface area (Å²) in [5, 5.41) is 10.3. The van der Waals surface area contributed by atoms with E-state index in [0.717, 1.165) is 10.5 Å². The Morgan fingerprint density at radius 3 is 2.15 bits per heavy atom. The largest absolute Gasteiger partial charge is 0.479 e. The number of hydrogen-bond donors (Lipinski definition) is 2. The molecule has 9 heteroatoms. The van der Waals surface area contributed by atoms with Gasteiger partial charge in [0.25, 0.3) is 11.8 Å². The van der Waals surface area contributed by atoms with Crippen LogP contribution in [0.1, 0.15) is 58.9 Å². The first-order valence-electron chi connectivity index (χ1n) is 11.0. The molecule has 2 aromatic carbocycles. The number of carbonyl (C=O) groups excluding carboxylic acids is 2. The normalized spacial score (nSPS) is 15.0. The highest BCUT2D eigenvalue weighted by atomic mass is 35.5. The number of benzene rings is 2. The zero-order chi connectivity index (χ0) is 23.8. The highest BCUT2D eigenvalue weighted by Gasteiger charge is 2.53. The molecule has 8 nitrogen and oxygen atoms in total. The molecular weight excluding hydrogens is 458 g/mol. The minimum atomic E-state index is -1.72. The number of nitrogens with two attached hydrogens (primary N) is 1. The highest BCUT2D eigenvalue weighted by Crippen LogP contribution is 2.35. The lowest BCUT2D eigenvalue weighted by Crippen LogP contribution is -2.57. The number of aliphatic imine (C=N–C) groups is 1. The molecule has 1 aliphatic rings. The molecule has 0 aromatic heterocycles. The molecule has 0 saturated heterocycles. The third kappa shape index (κ3) is 6.01. The Hall–Kier alpha value is -3.23. The fraction of sp³-hybridized carbons (Fsp3) is 0.360. The summed E-state index contributed by atoms with van der Waals surface area (Å²) in [5.74, 6) is -1.94. The molecule has 0 saturated carbocycles. The average molecular weight is 488 g/mol. The molecule has 3 N–H and O–H groups in total. The molecule has 182 valence electrons. The third-order valence-electron chi connectivity index (χ3n) is 5.75. The van der Waals surface area contributed by atoms with Gasteiger partial charge in [0.1, 0.15) is 0 Å². The summed E-state index contributed by atoms with van der Waals surface area (Å²) in [5.41, 5.74) is 5.25. The van der Waals surface area contributed by atoms with Crippen molar-refractivity contribution in [2.75, 3.05) is 13.2 Å². The second-order valence-corrected chi connectivity index (χ2v) is 8.10.